The highest BCUT2D eigenvalue weighted by Crippen LogP contribution is 2.22. The van der Waals surface area contributed by atoms with Crippen molar-refractivity contribution >= 4 is 0 Å². The van der Waals surface area contributed by atoms with E-state index in [-0.39, 0.29) is 11.9 Å². The summed E-state index contributed by atoms with van der Waals surface area (Å²) in [5.41, 5.74) is 0.922. The molecule has 98 valence electrons. The number of rotatable bonds is 7. The van der Waals surface area contributed by atoms with Crippen LogP contribution in [-0.4, -0.2) is 13.2 Å². The van der Waals surface area contributed by atoms with Gasteiger partial charge in [-0.3, -0.25) is 0 Å². The molecule has 0 amide bonds. The molecule has 0 bridgehead atoms. The molecule has 0 fully saturated rings. The number of ether oxygens (including phenoxy) is 1. The third kappa shape index (κ3) is 4.38. The van der Waals surface area contributed by atoms with Gasteiger partial charge in [0.15, 0.2) is 11.6 Å². The Morgan fingerprint density at radius 3 is 2.89 bits per heavy atom. The highest BCUT2D eigenvalue weighted by molar-refractivity contribution is 5.30. The lowest BCUT2D eigenvalue weighted by molar-refractivity contribution is 0.297. The van der Waals surface area contributed by atoms with E-state index in [1.54, 1.807) is 6.07 Å². The summed E-state index contributed by atoms with van der Waals surface area (Å²) in [6.07, 6.45) is 6.52. The smallest absolute Gasteiger partial charge is 0.165 e. The summed E-state index contributed by atoms with van der Waals surface area (Å²) in [7, 11) is 0. The molecule has 2 nitrogen and oxygen atoms in total. The van der Waals surface area contributed by atoms with E-state index >= 15 is 0 Å². The number of nitrogens with one attached hydrogen (secondary N) is 1. The third-order valence-electron chi connectivity index (χ3n) is 2.69. The van der Waals surface area contributed by atoms with Gasteiger partial charge in [0, 0.05) is 12.5 Å². The first kappa shape index (κ1) is 14.5. The zero-order valence-electron chi connectivity index (χ0n) is 11.0. The van der Waals surface area contributed by atoms with Crippen molar-refractivity contribution in [2.24, 2.45) is 0 Å². The summed E-state index contributed by atoms with van der Waals surface area (Å²) in [4.78, 5) is 0. The average Bonchev–Trinajstić information content (AvgIpc) is 2.36. The molecule has 0 aliphatic carbocycles. The Morgan fingerprint density at radius 1 is 1.50 bits per heavy atom. The van der Waals surface area contributed by atoms with Crippen LogP contribution in [0.3, 0.4) is 0 Å². The van der Waals surface area contributed by atoms with Gasteiger partial charge in [-0.1, -0.05) is 13.0 Å². The molecule has 1 rings (SSSR count). The minimum atomic E-state index is -0.321. The fourth-order valence-electron chi connectivity index (χ4n) is 1.68. The van der Waals surface area contributed by atoms with E-state index in [0.29, 0.717) is 18.8 Å². The van der Waals surface area contributed by atoms with Crippen LogP contribution in [-0.2, 0) is 0 Å². The molecule has 1 atom stereocenters. The monoisotopic (exact) mass is 249 g/mol. The summed E-state index contributed by atoms with van der Waals surface area (Å²) in [6, 6.07) is 5.21. The topological polar surface area (TPSA) is 21.3 Å². The SMILES string of the molecule is C#CCCCOc1ccc(C(C)NCC)cc1F. The summed E-state index contributed by atoms with van der Waals surface area (Å²) >= 11 is 0. The Hall–Kier alpha value is -1.53. The lowest BCUT2D eigenvalue weighted by Gasteiger charge is -2.14. The number of benzene rings is 1. The molecule has 0 aromatic heterocycles. The van der Waals surface area contributed by atoms with Crippen LogP contribution in [0, 0.1) is 18.2 Å². The molecule has 1 N–H and O–H groups in total. The first-order chi connectivity index (χ1) is 8.69. The Kier molecular flexibility index (Phi) is 6.24. The number of hydrogen-bond acceptors (Lipinski definition) is 2. The molecule has 0 spiro atoms. The van der Waals surface area contributed by atoms with Crippen LogP contribution < -0.4 is 10.1 Å². The molecule has 0 radical (unpaired) electrons. The summed E-state index contributed by atoms with van der Waals surface area (Å²) in [5.74, 6) is 2.49. The Morgan fingerprint density at radius 2 is 2.28 bits per heavy atom. The average molecular weight is 249 g/mol. The number of hydrogen-bond donors (Lipinski definition) is 1. The van der Waals surface area contributed by atoms with Gasteiger partial charge in [0.25, 0.3) is 0 Å². The van der Waals surface area contributed by atoms with Crippen LogP contribution in [0.15, 0.2) is 18.2 Å². The van der Waals surface area contributed by atoms with Crippen LogP contribution in [0.2, 0.25) is 0 Å². The molecule has 1 aromatic rings. The van der Waals surface area contributed by atoms with Crippen molar-refractivity contribution in [3.63, 3.8) is 0 Å². The molecular weight excluding hydrogens is 229 g/mol. The van der Waals surface area contributed by atoms with Gasteiger partial charge in [-0.2, -0.15) is 0 Å². The van der Waals surface area contributed by atoms with E-state index in [9.17, 15) is 4.39 Å². The maximum absolute atomic E-state index is 13.8. The Balaban J connectivity index is 2.59. The number of unbranched alkanes of at least 4 members (excludes halogenated alkanes) is 1. The van der Waals surface area contributed by atoms with Gasteiger partial charge in [0.1, 0.15) is 0 Å². The predicted molar refractivity (Wildman–Crippen MR) is 72.1 cm³/mol. The molecule has 0 aliphatic rings. The zero-order chi connectivity index (χ0) is 13.4. The second-order valence-corrected chi connectivity index (χ2v) is 4.13. The maximum atomic E-state index is 13.8. The summed E-state index contributed by atoms with van der Waals surface area (Å²) in [6.45, 7) is 5.33. The molecular formula is C15H20FNO. The molecule has 0 heterocycles. The van der Waals surface area contributed by atoms with E-state index in [4.69, 9.17) is 11.2 Å². The molecule has 0 saturated carbocycles. The Labute approximate surface area is 109 Å². The van der Waals surface area contributed by atoms with E-state index < -0.39 is 0 Å². The summed E-state index contributed by atoms with van der Waals surface area (Å²) in [5, 5.41) is 3.24. The maximum Gasteiger partial charge on any atom is 0.165 e. The van der Waals surface area contributed by atoms with Crippen molar-refractivity contribution < 1.29 is 9.13 Å². The first-order valence-electron chi connectivity index (χ1n) is 6.28. The third-order valence-corrected chi connectivity index (χ3v) is 2.69. The molecule has 1 unspecified atom stereocenters. The standard InChI is InChI=1S/C15H20FNO/c1-4-6-7-10-18-15-9-8-13(11-14(15)16)12(3)17-5-2/h1,8-9,11-12,17H,5-7,10H2,2-3H3. The van der Waals surface area contributed by atoms with Gasteiger partial charge in [-0.05, 0) is 37.6 Å². The molecule has 18 heavy (non-hydrogen) atoms. The Bertz CT molecular complexity index is 411. The largest absolute Gasteiger partial charge is 0.490 e. The molecule has 0 saturated heterocycles. The van der Waals surface area contributed by atoms with Crippen molar-refractivity contribution in [1.29, 1.82) is 0 Å². The predicted octanol–water partition coefficient (Wildman–Crippen LogP) is 3.29. The number of halogens is 1. The number of terminal acetylenes is 1. The lowest BCUT2D eigenvalue weighted by atomic mass is 10.1. The van der Waals surface area contributed by atoms with Crippen molar-refractivity contribution in [2.45, 2.75) is 32.7 Å². The molecule has 1 aromatic carbocycles. The molecule has 0 aliphatic heterocycles. The fourth-order valence-corrected chi connectivity index (χ4v) is 1.68. The van der Waals surface area contributed by atoms with Gasteiger partial charge in [0.2, 0.25) is 0 Å². The van der Waals surface area contributed by atoms with Crippen molar-refractivity contribution in [1.82, 2.24) is 5.32 Å². The highest BCUT2D eigenvalue weighted by Gasteiger charge is 2.08. The van der Waals surface area contributed by atoms with Crippen LogP contribution in [0.5, 0.6) is 5.75 Å². The van der Waals surface area contributed by atoms with Gasteiger partial charge in [0.05, 0.1) is 6.61 Å². The minimum absolute atomic E-state index is 0.139. The molecule has 3 heteroatoms. The van der Waals surface area contributed by atoms with Gasteiger partial charge < -0.3 is 10.1 Å². The van der Waals surface area contributed by atoms with E-state index in [1.807, 2.05) is 19.9 Å². The van der Waals surface area contributed by atoms with Crippen LogP contribution >= 0.6 is 0 Å². The normalized spacial score (nSPS) is 11.9. The zero-order valence-corrected chi connectivity index (χ0v) is 11.0. The van der Waals surface area contributed by atoms with E-state index in [0.717, 1.165) is 18.5 Å². The van der Waals surface area contributed by atoms with Crippen molar-refractivity contribution in [3.8, 4) is 18.1 Å². The highest BCUT2D eigenvalue weighted by atomic mass is 19.1. The van der Waals surface area contributed by atoms with Crippen LogP contribution in [0.4, 0.5) is 4.39 Å². The lowest BCUT2D eigenvalue weighted by Crippen LogP contribution is -2.17. The second-order valence-electron chi connectivity index (χ2n) is 4.13. The van der Waals surface area contributed by atoms with Gasteiger partial charge in [-0.15, -0.1) is 12.3 Å². The first-order valence-corrected chi connectivity index (χ1v) is 6.28. The fraction of sp³-hybridized carbons (Fsp3) is 0.467. The summed E-state index contributed by atoms with van der Waals surface area (Å²) < 4.78 is 19.1. The van der Waals surface area contributed by atoms with Crippen LogP contribution in [0.1, 0.15) is 38.3 Å². The van der Waals surface area contributed by atoms with Crippen molar-refractivity contribution in [2.75, 3.05) is 13.2 Å². The van der Waals surface area contributed by atoms with Crippen molar-refractivity contribution in [3.05, 3.63) is 29.6 Å². The minimum Gasteiger partial charge on any atom is -0.490 e. The second kappa shape index (κ2) is 7.73. The quantitative estimate of drug-likeness (QED) is 0.591. The van der Waals surface area contributed by atoms with E-state index in [2.05, 4.69) is 11.2 Å². The van der Waals surface area contributed by atoms with E-state index in [1.165, 1.54) is 6.07 Å². The van der Waals surface area contributed by atoms with Gasteiger partial charge >= 0.3 is 0 Å². The van der Waals surface area contributed by atoms with Crippen LogP contribution in [0.25, 0.3) is 0 Å². The van der Waals surface area contributed by atoms with Gasteiger partial charge in [-0.25, -0.2) is 4.39 Å².